The number of aromatic nitrogens is 2. The monoisotopic (exact) mass is 218 g/mol. The lowest BCUT2D eigenvalue weighted by molar-refractivity contribution is 0.846. The molecule has 3 nitrogen and oxygen atoms in total. The van der Waals surface area contributed by atoms with E-state index in [2.05, 4.69) is 4.98 Å². The molecule has 76 valence electrons. The van der Waals surface area contributed by atoms with Crippen LogP contribution in [0.25, 0.3) is 5.69 Å². The summed E-state index contributed by atoms with van der Waals surface area (Å²) in [4.78, 5) is 15.6. The Kier molecular flexibility index (Phi) is 2.87. The number of para-hydroxylation sites is 1. The summed E-state index contributed by atoms with van der Waals surface area (Å²) in [6, 6.07) is 9.55. The van der Waals surface area contributed by atoms with Gasteiger partial charge in [-0.1, -0.05) is 18.2 Å². The molecule has 0 saturated carbocycles. The molecule has 0 atom stereocenters. The maximum Gasteiger partial charge on any atom is 0.274 e. The van der Waals surface area contributed by atoms with E-state index >= 15 is 0 Å². The Bertz CT molecular complexity index is 507. The van der Waals surface area contributed by atoms with Gasteiger partial charge in [-0.3, -0.25) is 14.3 Å². The summed E-state index contributed by atoms with van der Waals surface area (Å²) in [5.74, 6) is 0. The molecule has 0 radical (unpaired) electrons. The van der Waals surface area contributed by atoms with Crippen LogP contribution in [0.4, 0.5) is 0 Å². The van der Waals surface area contributed by atoms with E-state index in [1.54, 1.807) is 10.8 Å². The topological polar surface area (TPSA) is 34.9 Å². The summed E-state index contributed by atoms with van der Waals surface area (Å²) in [6.45, 7) is 0. The van der Waals surface area contributed by atoms with Crippen molar-refractivity contribution in [3.63, 3.8) is 0 Å². The maximum atomic E-state index is 11.7. The second kappa shape index (κ2) is 4.31. The Hall–Kier alpha value is -1.55. The molecule has 0 fully saturated rings. The number of hydrogen-bond donors (Lipinski definition) is 0. The van der Waals surface area contributed by atoms with Crippen molar-refractivity contribution in [2.45, 2.75) is 5.03 Å². The minimum atomic E-state index is -0.104. The summed E-state index contributed by atoms with van der Waals surface area (Å²) >= 11 is 1.50. The van der Waals surface area contributed by atoms with E-state index in [1.807, 2.05) is 36.6 Å². The number of rotatable bonds is 2. The molecule has 0 bridgehead atoms. The summed E-state index contributed by atoms with van der Waals surface area (Å²) < 4.78 is 1.65. The minimum absolute atomic E-state index is 0.104. The van der Waals surface area contributed by atoms with E-state index in [1.165, 1.54) is 18.0 Å². The Morgan fingerprint density at radius 2 is 1.93 bits per heavy atom. The largest absolute Gasteiger partial charge is 0.274 e. The predicted molar refractivity (Wildman–Crippen MR) is 61.6 cm³/mol. The third-order valence-corrected chi connectivity index (χ3v) is 2.74. The highest BCUT2D eigenvalue weighted by Gasteiger charge is 2.04. The number of benzene rings is 1. The van der Waals surface area contributed by atoms with Crippen molar-refractivity contribution < 1.29 is 0 Å². The van der Waals surface area contributed by atoms with E-state index in [-0.39, 0.29) is 5.56 Å². The number of hydrogen-bond acceptors (Lipinski definition) is 3. The van der Waals surface area contributed by atoms with Gasteiger partial charge in [-0.05, 0) is 18.4 Å². The standard InChI is InChI=1S/C11H10N2OS/c1-15-11-8-12-7-10(14)13(11)9-5-3-2-4-6-9/h2-8H,1H3. The molecule has 15 heavy (non-hydrogen) atoms. The fourth-order valence-electron chi connectivity index (χ4n) is 1.36. The first-order chi connectivity index (χ1) is 7.33. The lowest BCUT2D eigenvalue weighted by Crippen LogP contribution is -2.19. The van der Waals surface area contributed by atoms with Crippen LogP contribution in [0.2, 0.25) is 0 Å². The second-order valence-corrected chi connectivity index (χ2v) is 3.79. The SMILES string of the molecule is CSc1cncc(=O)n1-c1ccccc1. The third kappa shape index (κ3) is 1.94. The van der Waals surface area contributed by atoms with Crippen molar-refractivity contribution in [2.75, 3.05) is 6.26 Å². The van der Waals surface area contributed by atoms with Crippen LogP contribution in [0.3, 0.4) is 0 Å². The van der Waals surface area contributed by atoms with E-state index in [0.717, 1.165) is 10.7 Å². The van der Waals surface area contributed by atoms with Crippen LogP contribution >= 0.6 is 11.8 Å². The van der Waals surface area contributed by atoms with Gasteiger partial charge in [0, 0.05) is 5.69 Å². The molecule has 0 amide bonds. The van der Waals surface area contributed by atoms with Gasteiger partial charge in [0.25, 0.3) is 5.56 Å². The second-order valence-electron chi connectivity index (χ2n) is 2.96. The first-order valence-electron chi connectivity index (χ1n) is 4.49. The Balaban J connectivity index is 2.67. The van der Waals surface area contributed by atoms with E-state index < -0.39 is 0 Å². The zero-order valence-corrected chi connectivity index (χ0v) is 9.07. The van der Waals surface area contributed by atoms with E-state index in [4.69, 9.17) is 0 Å². The predicted octanol–water partition coefficient (Wildman–Crippen LogP) is 1.95. The fourth-order valence-corrected chi connectivity index (χ4v) is 1.91. The Morgan fingerprint density at radius 3 is 2.60 bits per heavy atom. The zero-order chi connectivity index (χ0) is 10.7. The van der Waals surface area contributed by atoms with Crippen molar-refractivity contribution in [3.05, 3.63) is 53.1 Å². The molecule has 0 unspecified atom stereocenters. The molecular weight excluding hydrogens is 208 g/mol. The minimum Gasteiger partial charge on any atom is -0.269 e. The van der Waals surface area contributed by atoms with Crippen LogP contribution in [-0.2, 0) is 0 Å². The van der Waals surface area contributed by atoms with Crippen molar-refractivity contribution in [1.82, 2.24) is 9.55 Å². The van der Waals surface area contributed by atoms with Gasteiger partial charge >= 0.3 is 0 Å². The summed E-state index contributed by atoms with van der Waals surface area (Å²) in [6.07, 6.45) is 4.95. The van der Waals surface area contributed by atoms with E-state index in [9.17, 15) is 4.79 Å². The molecule has 0 N–H and O–H groups in total. The molecule has 2 rings (SSSR count). The first-order valence-corrected chi connectivity index (χ1v) is 5.72. The smallest absolute Gasteiger partial charge is 0.269 e. The molecule has 4 heteroatoms. The normalized spacial score (nSPS) is 10.2. The first kappa shape index (κ1) is 9.98. The van der Waals surface area contributed by atoms with Crippen LogP contribution in [-0.4, -0.2) is 15.8 Å². The van der Waals surface area contributed by atoms with Crippen LogP contribution in [0.15, 0.2) is 52.5 Å². The maximum absolute atomic E-state index is 11.7. The molecule has 0 saturated heterocycles. The van der Waals surface area contributed by atoms with Gasteiger partial charge in [0.05, 0.1) is 12.4 Å². The van der Waals surface area contributed by atoms with Crippen molar-refractivity contribution in [2.24, 2.45) is 0 Å². The van der Waals surface area contributed by atoms with Crippen molar-refractivity contribution >= 4 is 11.8 Å². The summed E-state index contributed by atoms with van der Waals surface area (Å²) in [5.41, 5.74) is 0.766. The Labute approximate surface area is 91.8 Å². The highest BCUT2D eigenvalue weighted by atomic mass is 32.2. The van der Waals surface area contributed by atoms with Crippen molar-refractivity contribution in [1.29, 1.82) is 0 Å². The van der Waals surface area contributed by atoms with Gasteiger partial charge < -0.3 is 0 Å². The Morgan fingerprint density at radius 1 is 1.20 bits per heavy atom. The van der Waals surface area contributed by atoms with Gasteiger partial charge in [0.1, 0.15) is 5.03 Å². The van der Waals surface area contributed by atoms with Gasteiger partial charge in [0.2, 0.25) is 0 Å². The van der Waals surface area contributed by atoms with Gasteiger partial charge in [-0.2, -0.15) is 0 Å². The number of nitrogens with zero attached hydrogens (tertiary/aromatic N) is 2. The molecule has 0 aliphatic rings. The average Bonchev–Trinajstić information content (AvgIpc) is 2.29. The summed E-state index contributed by atoms with van der Waals surface area (Å²) in [7, 11) is 0. The molecule has 0 spiro atoms. The van der Waals surface area contributed by atoms with Crippen LogP contribution < -0.4 is 5.56 Å². The lowest BCUT2D eigenvalue weighted by Gasteiger charge is -2.09. The summed E-state index contributed by atoms with van der Waals surface area (Å²) in [5, 5.41) is 0.841. The lowest BCUT2D eigenvalue weighted by atomic mass is 10.3. The molecule has 2 aromatic rings. The molecule has 1 heterocycles. The van der Waals surface area contributed by atoms with Gasteiger partial charge in [0.15, 0.2) is 0 Å². The van der Waals surface area contributed by atoms with Crippen LogP contribution in [0.1, 0.15) is 0 Å². The zero-order valence-electron chi connectivity index (χ0n) is 8.25. The molecule has 0 aliphatic heterocycles. The average molecular weight is 218 g/mol. The van der Waals surface area contributed by atoms with Crippen LogP contribution in [0, 0.1) is 0 Å². The van der Waals surface area contributed by atoms with Crippen molar-refractivity contribution in [3.8, 4) is 5.69 Å². The molecule has 0 aliphatic carbocycles. The fraction of sp³-hybridized carbons (Fsp3) is 0.0909. The number of thioether (sulfide) groups is 1. The highest BCUT2D eigenvalue weighted by molar-refractivity contribution is 7.98. The highest BCUT2D eigenvalue weighted by Crippen LogP contribution is 2.15. The molecular formula is C11H10N2OS. The third-order valence-electron chi connectivity index (χ3n) is 2.03. The molecule has 1 aromatic heterocycles. The van der Waals surface area contributed by atoms with E-state index in [0.29, 0.717) is 0 Å². The quantitative estimate of drug-likeness (QED) is 0.723. The van der Waals surface area contributed by atoms with Gasteiger partial charge in [-0.15, -0.1) is 11.8 Å². The molecule has 1 aromatic carbocycles. The van der Waals surface area contributed by atoms with Gasteiger partial charge in [-0.25, -0.2) is 0 Å². The van der Waals surface area contributed by atoms with Crippen LogP contribution in [0.5, 0.6) is 0 Å².